The number of piperidine rings is 1. The van der Waals surface area contributed by atoms with Gasteiger partial charge in [0.05, 0.1) is 13.2 Å². The number of hydrogen-bond acceptors (Lipinski definition) is 6. The molecule has 2 heterocycles. The predicted molar refractivity (Wildman–Crippen MR) is 80.3 cm³/mol. The summed E-state index contributed by atoms with van der Waals surface area (Å²) >= 11 is 0. The van der Waals surface area contributed by atoms with Gasteiger partial charge in [0.25, 0.3) is 10.0 Å². The minimum atomic E-state index is -4.04. The Hall–Kier alpha value is -1.87. The molecule has 128 valence electrons. The highest BCUT2D eigenvalue weighted by Crippen LogP contribution is 2.16. The maximum Gasteiger partial charge on any atom is 0.374 e. The number of methoxy groups -OCH3 is 1. The van der Waals surface area contributed by atoms with E-state index in [1.54, 1.807) is 4.90 Å². The van der Waals surface area contributed by atoms with E-state index in [1.165, 1.54) is 13.0 Å². The largest absolute Gasteiger partial charge is 0.463 e. The lowest BCUT2D eigenvalue weighted by Crippen LogP contribution is -2.48. The van der Waals surface area contributed by atoms with Gasteiger partial charge in [0, 0.05) is 13.1 Å². The monoisotopic (exact) mass is 344 g/mol. The van der Waals surface area contributed by atoms with Crippen LogP contribution in [0, 0.1) is 0 Å². The van der Waals surface area contributed by atoms with E-state index in [-0.39, 0.29) is 11.7 Å². The van der Waals surface area contributed by atoms with Crippen LogP contribution >= 0.6 is 0 Å². The van der Waals surface area contributed by atoms with Gasteiger partial charge >= 0.3 is 5.97 Å². The fourth-order valence-corrected chi connectivity index (χ4v) is 3.53. The summed E-state index contributed by atoms with van der Waals surface area (Å²) < 4.78 is 36.2. The zero-order valence-corrected chi connectivity index (χ0v) is 13.9. The van der Waals surface area contributed by atoms with Crippen molar-refractivity contribution in [1.82, 2.24) is 9.62 Å². The number of rotatable bonds is 5. The molecule has 1 fully saturated rings. The molecule has 1 atom stereocenters. The average Bonchev–Trinajstić information content (AvgIpc) is 3.04. The Labute approximate surface area is 134 Å². The second kappa shape index (κ2) is 7.14. The first-order chi connectivity index (χ1) is 10.8. The first-order valence-corrected chi connectivity index (χ1v) is 8.83. The normalized spacial score (nSPS) is 16.9. The smallest absolute Gasteiger partial charge is 0.374 e. The van der Waals surface area contributed by atoms with Gasteiger partial charge in [0.15, 0.2) is 0 Å². The maximum atomic E-state index is 12.3. The molecule has 2 rings (SSSR count). The lowest BCUT2D eigenvalue weighted by Gasteiger charge is -2.29. The molecule has 0 aromatic carbocycles. The molecule has 9 heteroatoms. The van der Waals surface area contributed by atoms with E-state index in [0.29, 0.717) is 13.1 Å². The van der Waals surface area contributed by atoms with Crippen molar-refractivity contribution in [2.75, 3.05) is 20.2 Å². The molecule has 23 heavy (non-hydrogen) atoms. The molecular weight excluding hydrogens is 324 g/mol. The van der Waals surface area contributed by atoms with Gasteiger partial charge in [-0.1, -0.05) is 0 Å². The molecule has 1 aliphatic rings. The molecule has 1 saturated heterocycles. The second-order valence-corrected chi connectivity index (χ2v) is 6.98. The van der Waals surface area contributed by atoms with Gasteiger partial charge in [-0.25, -0.2) is 13.2 Å². The van der Waals surface area contributed by atoms with Crippen LogP contribution in [0.3, 0.4) is 0 Å². The highest BCUT2D eigenvalue weighted by Gasteiger charge is 2.29. The lowest BCUT2D eigenvalue weighted by molar-refractivity contribution is -0.133. The minimum absolute atomic E-state index is 0.220. The Kier molecular flexibility index (Phi) is 5.42. The van der Waals surface area contributed by atoms with E-state index in [4.69, 9.17) is 4.42 Å². The molecule has 1 aromatic rings. The number of hydrogen-bond donors (Lipinski definition) is 1. The summed E-state index contributed by atoms with van der Waals surface area (Å²) in [4.78, 5) is 25.2. The van der Waals surface area contributed by atoms with Crippen LogP contribution in [0.15, 0.2) is 21.6 Å². The molecule has 0 spiro atoms. The molecule has 1 aliphatic heterocycles. The van der Waals surface area contributed by atoms with E-state index in [0.717, 1.165) is 32.4 Å². The number of nitrogens with one attached hydrogen (secondary N) is 1. The van der Waals surface area contributed by atoms with Crippen LogP contribution < -0.4 is 4.72 Å². The van der Waals surface area contributed by atoms with E-state index >= 15 is 0 Å². The Balaban J connectivity index is 2.06. The van der Waals surface area contributed by atoms with Crippen molar-refractivity contribution >= 4 is 21.9 Å². The number of carbonyl (C=O) groups excluding carboxylic acids is 2. The topological polar surface area (TPSA) is 106 Å². The molecule has 1 N–H and O–H groups in total. The third kappa shape index (κ3) is 4.11. The number of nitrogens with zero attached hydrogens (tertiary/aromatic N) is 1. The fourth-order valence-electron chi connectivity index (χ4n) is 2.40. The molecular formula is C14H20N2O6S. The molecule has 0 aliphatic carbocycles. The van der Waals surface area contributed by atoms with Crippen LogP contribution in [-0.4, -0.2) is 51.4 Å². The van der Waals surface area contributed by atoms with Gasteiger partial charge in [-0.15, -0.1) is 0 Å². The van der Waals surface area contributed by atoms with Gasteiger partial charge in [0.2, 0.25) is 16.8 Å². The Morgan fingerprint density at radius 1 is 1.26 bits per heavy atom. The third-order valence-corrected chi connectivity index (χ3v) is 5.02. The first-order valence-electron chi connectivity index (χ1n) is 7.34. The summed E-state index contributed by atoms with van der Waals surface area (Å²) in [7, 11) is -2.87. The summed E-state index contributed by atoms with van der Waals surface area (Å²) in [5.74, 6) is -1.26. The quantitative estimate of drug-likeness (QED) is 0.790. The van der Waals surface area contributed by atoms with Crippen molar-refractivity contribution in [3.05, 3.63) is 17.9 Å². The van der Waals surface area contributed by atoms with Gasteiger partial charge in [-0.05, 0) is 38.3 Å². The van der Waals surface area contributed by atoms with Gasteiger partial charge in [-0.3, -0.25) is 4.79 Å². The van der Waals surface area contributed by atoms with Gasteiger partial charge < -0.3 is 14.1 Å². The molecule has 0 unspecified atom stereocenters. The van der Waals surface area contributed by atoms with Crippen LogP contribution in [0.5, 0.6) is 0 Å². The van der Waals surface area contributed by atoms with Crippen molar-refractivity contribution < 1.29 is 27.2 Å². The SMILES string of the molecule is COC(=O)c1ccc(S(=O)(=O)N[C@@H](C)C(=O)N2CCCCC2)o1. The molecule has 1 aromatic heterocycles. The average molecular weight is 344 g/mol. The van der Waals surface area contributed by atoms with Crippen molar-refractivity contribution in [3.8, 4) is 0 Å². The van der Waals surface area contributed by atoms with Crippen LogP contribution in [0.2, 0.25) is 0 Å². The van der Waals surface area contributed by atoms with Crippen molar-refractivity contribution in [2.24, 2.45) is 0 Å². The number of amides is 1. The standard InChI is InChI=1S/C14H20N2O6S/c1-10(13(17)16-8-4-3-5-9-16)15-23(19,20)12-7-6-11(22-12)14(18)21-2/h6-7,10,15H,3-5,8-9H2,1-2H3/t10-/m0/s1. The van der Waals surface area contributed by atoms with Gasteiger partial charge in [0.1, 0.15) is 0 Å². The maximum absolute atomic E-state index is 12.3. The summed E-state index contributed by atoms with van der Waals surface area (Å²) in [6, 6.07) is 1.44. The molecule has 0 radical (unpaired) electrons. The number of ether oxygens (including phenoxy) is 1. The fraction of sp³-hybridized carbons (Fsp3) is 0.571. The van der Waals surface area contributed by atoms with Crippen molar-refractivity contribution in [2.45, 2.75) is 37.3 Å². The number of esters is 1. The van der Waals surface area contributed by atoms with Crippen molar-refractivity contribution in [3.63, 3.8) is 0 Å². The Morgan fingerprint density at radius 2 is 1.91 bits per heavy atom. The summed E-state index contributed by atoms with van der Waals surface area (Å²) in [5.41, 5.74) is 0. The minimum Gasteiger partial charge on any atom is -0.463 e. The zero-order chi connectivity index (χ0) is 17.0. The highest BCUT2D eigenvalue weighted by atomic mass is 32.2. The van der Waals surface area contributed by atoms with E-state index < -0.39 is 27.1 Å². The molecule has 1 amide bonds. The lowest BCUT2D eigenvalue weighted by atomic mass is 10.1. The van der Waals surface area contributed by atoms with E-state index in [2.05, 4.69) is 9.46 Å². The third-order valence-electron chi connectivity index (χ3n) is 3.60. The number of furan rings is 1. The Morgan fingerprint density at radius 3 is 2.52 bits per heavy atom. The van der Waals surface area contributed by atoms with Gasteiger partial charge in [-0.2, -0.15) is 4.72 Å². The summed E-state index contributed by atoms with van der Waals surface area (Å²) in [6.45, 7) is 2.76. The predicted octanol–water partition coefficient (Wildman–Crippen LogP) is 0.745. The first kappa shape index (κ1) is 17.5. The van der Waals surface area contributed by atoms with E-state index in [1.807, 2.05) is 0 Å². The highest BCUT2D eigenvalue weighted by molar-refractivity contribution is 7.89. The Bertz CT molecular complexity index is 675. The molecule has 8 nitrogen and oxygen atoms in total. The van der Waals surface area contributed by atoms with Crippen LogP contribution in [0.1, 0.15) is 36.7 Å². The summed E-state index contributed by atoms with van der Waals surface area (Å²) in [6.07, 6.45) is 2.92. The number of carbonyl (C=O) groups is 2. The van der Waals surface area contributed by atoms with E-state index in [9.17, 15) is 18.0 Å². The molecule has 0 saturated carbocycles. The van der Waals surface area contributed by atoms with Crippen LogP contribution in [-0.2, 0) is 19.6 Å². The number of likely N-dealkylation sites (tertiary alicyclic amines) is 1. The number of sulfonamides is 1. The van der Waals surface area contributed by atoms with Crippen LogP contribution in [0.25, 0.3) is 0 Å². The zero-order valence-electron chi connectivity index (χ0n) is 13.1. The van der Waals surface area contributed by atoms with Crippen molar-refractivity contribution in [1.29, 1.82) is 0 Å². The second-order valence-electron chi connectivity index (χ2n) is 5.34. The van der Waals surface area contributed by atoms with Crippen LogP contribution in [0.4, 0.5) is 0 Å². The summed E-state index contributed by atoms with van der Waals surface area (Å²) in [5, 5.41) is -0.434. The molecule has 0 bridgehead atoms.